The van der Waals surface area contributed by atoms with Crippen LogP contribution in [0, 0.1) is 11.3 Å². The van der Waals surface area contributed by atoms with Gasteiger partial charge in [-0.3, -0.25) is 0 Å². The fraction of sp³-hybridized carbons (Fsp3) is 0.533. The van der Waals surface area contributed by atoms with Gasteiger partial charge in [0, 0.05) is 24.7 Å². The summed E-state index contributed by atoms with van der Waals surface area (Å²) in [5, 5.41) is 11.9. The Morgan fingerprint density at radius 3 is 3.00 bits per heavy atom. The molecule has 1 aromatic rings. The topological polar surface area (TPSA) is 78.2 Å². The third-order valence-electron chi connectivity index (χ3n) is 3.10. The van der Waals surface area contributed by atoms with Gasteiger partial charge in [-0.25, -0.2) is 9.78 Å². The lowest BCUT2D eigenvalue weighted by atomic mass is 10.1. The minimum absolute atomic E-state index is 0.180. The minimum Gasteiger partial charge on any atom is -0.444 e. The van der Waals surface area contributed by atoms with Gasteiger partial charge < -0.3 is 15.0 Å². The van der Waals surface area contributed by atoms with E-state index < -0.39 is 6.09 Å². The molecule has 1 N–H and O–H groups in total. The van der Waals surface area contributed by atoms with Gasteiger partial charge >= 0.3 is 6.09 Å². The molecular formula is C15H20N4O2. The lowest BCUT2D eigenvalue weighted by Crippen LogP contribution is -2.42. The molecule has 1 fully saturated rings. The fourth-order valence-corrected chi connectivity index (χ4v) is 2.24. The summed E-state index contributed by atoms with van der Waals surface area (Å²) in [7, 11) is 0. The van der Waals surface area contributed by atoms with Crippen LogP contribution in [0.4, 0.5) is 10.6 Å². The van der Waals surface area contributed by atoms with Crippen molar-refractivity contribution in [2.24, 2.45) is 0 Å². The van der Waals surface area contributed by atoms with Crippen molar-refractivity contribution in [2.75, 3.05) is 18.0 Å². The molecule has 0 aromatic carbocycles. The van der Waals surface area contributed by atoms with Crippen molar-refractivity contribution in [3.8, 4) is 6.07 Å². The standard InChI is InChI=1S/C15H20N4O2/c1-15(2,3)18-14(20)21-12-6-8-19(10-12)13-11(9-16)5-4-7-17-13/h4-5,7,12H,6,8,10H2,1-3H3,(H,18,20)/t12-/m0/s1. The summed E-state index contributed by atoms with van der Waals surface area (Å²) in [5.74, 6) is 0.655. The summed E-state index contributed by atoms with van der Waals surface area (Å²) in [6.45, 7) is 7.00. The van der Waals surface area contributed by atoms with Crippen LogP contribution < -0.4 is 10.2 Å². The highest BCUT2D eigenvalue weighted by Gasteiger charge is 2.28. The molecule has 0 saturated carbocycles. The minimum atomic E-state index is -0.407. The van der Waals surface area contributed by atoms with Crippen molar-refractivity contribution < 1.29 is 9.53 Å². The Bertz CT molecular complexity index is 560. The predicted molar refractivity (Wildman–Crippen MR) is 78.9 cm³/mol. The van der Waals surface area contributed by atoms with Crippen LogP contribution in [0.2, 0.25) is 0 Å². The van der Waals surface area contributed by atoms with Gasteiger partial charge in [-0.2, -0.15) is 5.26 Å². The molecule has 1 aliphatic heterocycles. The van der Waals surface area contributed by atoms with Crippen molar-refractivity contribution >= 4 is 11.9 Å². The maximum Gasteiger partial charge on any atom is 0.407 e. The van der Waals surface area contributed by atoms with Gasteiger partial charge in [0.05, 0.1) is 12.1 Å². The van der Waals surface area contributed by atoms with Crippen molar-refractivity contribution in [1.29, 1.82) is 5.26 Å². The first-order valence-corrected chi connectivity index (χ1v) is 6.98. The monoisotopic (exact) mass is 288 g/mol. The Morgan fingerprint density at radius 2 is 2.33 bits per heavy atom. The van der Waals surface area contributed by atoms with E-state index in [-0.39, 0.29) is 11.6 Å². The Balaban J connectivity index is 1.95. The van der Waals surface area contributed by atoms with E-state index in [2.05, 4.69) is 16.4 Å². The Kier molecular flexibility index (Phi) is 4.32. The van der Waals surface area contributed by atoms with Crippen LogP contribution in [0.3, 0.4) is 0 Å². The molecule has 112 valence electrons. The molecule has 0 spiro atoms. The average molecular weight is 288 g/mol. The van der Waals surface area contributed by atoms with E-state index in [1.165, 1.54) is 0 Å². The molecule has 0 unspecified atom stereocenters. The first-order chi connectivity index (χ1) is 9.89. The molecule has 0 aliphatic carbocycles. The maximum atomic E-state index is 11.8. The molecule has 21 heavy (non-hydrogen) atoms. The zero-order chi connectivity index (χ0) is 15.5. The van der Waals surface area contributed by atoms with Gasteiger partial charge in [0.15, 0.2) is 0 Å². The number of hydrogen-bond acceptors (Lipinski definition) is 5. The summed E-state index contributed by atoms with van der Waals surface area (Å²) in [6.07, 6.45) is 1.81. The number of nitriles is 1. The summed E-state index contributed by atoms with van der Waals surface area (Å²) < 4.78 is 5.41. The number of nitrogens with one attached hydrogen (secondary N) is 1. The molecule has 1 saturated heterocycles. The number of hydrogen-bond donors (Lipinski definition) is 1. The van der Waals surface area contributed by atoms with E-state index in [0.29, 0.717) is 17.9 Å². The quantitative estimate of drug-likeness (QED) is 0.901. The Hall–Kier alpha value is -2.29. The molecule has 1 aromatic heterocycles. The molecule has 0 bridgehead atoms. The average Bonchev–Trinajstić information content (AvgIpc) is 2.84. The molecule has 2 heterocycles. The number of anilines is 1. The Labute approximate surface area is 124 Å². The molecular weight excluding hydrogens is 268 g/mol. The number of rotatable bonds is 2. The first-order valence-electron chi connectivity index (χ1n) is 6.98. The first kappa shape index (κ1) is 15.1. The summed E-state index contributed by atoms with van der Waals surface area (Å²) >= 11 is 0. The van der Waals surface area contributed by atoms with Crippen LogP contribution >= 0.6 is 0 Å². The highest BCUT2D eigenvalue weighted by molar-refractivity contribution is 5.68. The summed E-state index contributed by atoms with van der Waals surface area (Å²) in [4.78, 5) is 18.0. The Morgan fingerprint density at radius 1 is 1.57 bits per heavy atom. The van der Waals surface area contributed by atoms with Crippen molar-refractivity contribution in [3.63, 3.8) is 0 Å². The largest absolute Gasteiger partial charge is 0.444 e. The van der Waals surface area contributed by atoms with Gasteiger partial charge in [-0.1, -0.05) is 0 Å². The highest BCUT2D eigenvalue weighted by atomic mass is 16.6. The second kappa shape index (κ2) is 6.00. The van der Waals surface area contributed by atoms with Crippen LogP contribution in [0.1, 0.15) is 32.8 Å². The number of amides is 1. The number of carbonyl (C=O) groups excluding carboxylic acids is 1. The molecule has 6 nitrogen and oxygen atoms in total. The molecule has 1 atom stereocenters. The smallest absolute Gasteiger partial charge is 0.407 e. The number of carbonyl (C=O) groups is 1. The fourth-order valence-electron chi connectivity index (χ4n) is 2.24. The number of ether oxygens (including phenoxy) is 1. The number of pyridine rings is 1. The van der Waals surface area contributed by atoms with Gasteiger partial charge in [0.25, 0.3) is 0 Å². The molecule has 1 amide bonds. The molecule has 0 radical (unpaired) electrons. The van der Waals surface area contributed by atoms with Crippen LogP contribution in [0.25, 0.3) is 0 Å². The van der Waals surface area contributed by atoms with Crippen LogP contribution in [-0.2, 0) is 4.74 Å². The van der Waals surface area contributed by atoms with Gasteiger partial charge in [-0.15, -0.1) is 0 Å². The van der Waals surface area contributed by atoms with Crippen LogP contribution in [-0.4, -0.2) is 35.8 Å². The van der Waals surface area contributed by atoms with Gasteiger partial charge in [-0.05, 0) is 32.9 Å². The second-order valence-electron chi connectivity index (χ2n) is 6.12. The van der Waals surface area contributed by atoms with E-state index in [1.54, 1.807) is 18.3 Å². The molecule has 2 rings (SSSR count). The SMILES string of the molecule is CC(C)(C)NC(=O)O[C@H]1CCN(c2ncccc2C#N)C1. The third kappa shape index (κ3) is 4.09. The predicted octanol–water partition coefficient (Wildman–Crippen LogP) is 2.06. The number of nitrogens with zero attached hydrogens (tertiary/aromatic N) is 3. The lowest BCUT2D eigenvalue weighted by molar-refractivity contribution is 0.101. The van der Waals surface area contributed by atoms with E-state index in [4.69, 9.17) is 10.00 Å². The third-order valence-corrected chi connectivity index (χ3v) is 3.10. The summed E-state index contributed by atoms with van der Waals surface area (Å²) in [5.41, 5.74) is 0.224. The van der Waals surface area contributed by atoms with Crippen molar-refractivity contribution in [2.45, 2.75) is 38.8 Å². The molecule has 6 heteroatoms. The van der Waals surface area contributed by atoms with Crippen LogP contribution in [0.5, 0.6) is 0 Å². The van der Waals surface area contributed by atoms with Crippen molar-refractivity contribution in [3.05, 3.63) is 23.9 Å². The van der Waals surface area contributed by atoms with Gasteiger partial charge in [0.1, 0.15) is 18.0 Å². The molecule has 1 aliphatic rings. The van der Waals surface area contributed by atoms with E-state index >= 15 is 0 Å². The second-order valence-corrected chi connectivity index (χ2v) is 6.12. The highest BCUT2D eigenvalue weighted by Crippen LogP contribution is 2.23. The van der Waals surface area contributed by atoms with E-state index in [1.807, 2.05) is 25.7 Å². The normalized spacial score (nSPS) is 18.2. The zero-order valence-electron chi connectivity index (χ0n) is 12.6. The van der Waals surface area contributed by atoms with Crippen LogP contribution in [0.15, 0.2) is 18.3 Å². The summed E-state index contributed by atoms with van der Waals surface area (Å²) in [6, 6.07) is 5.61. The lowest BCUT2D eigenvalue weighted by Gasteiger charge is -2.22. The van der Waals surface area contributed by atoms with E-state index in [0.717, 1.165) is 13.0 Å². The van der Waals surface area contributed by atoms with Crippen molar-refractivity contribution in [1.82, 2.24) is 10.3 Å². The zero-order valence-corrected chi connectivity index (χ0v) is 12.6. The number of aromatic nitrogens is 1. The number of alkyl carbamates (subject to hydrolysis) is 1. The maximum absolute atomic E-state index is 11.8. The van der Waals surface area contributed by atoms with Gasteiger partial charge in [0.2, 0.25) is 0 Å². The van der Waals surface area contributed by atoms with E-state index in [9.17, 15) is 4.79 Å².